The van der Waals surface area contributed by atoms with Gasteiger partial charge in [0.1, 0.15) is 5.75 Å². The van der Waals surface area contributed by atoms with E-state index in [4.69, 9.17) is 4.74 Å². The first-order valence-corrected chi connectivity index (χ1v) is 10.1. The summed E-state index contributed by atoms with van der Waals surface area (Å²) in [7, 11) is 1.67. The lowest BCUT2D eigenvalue weighted by atomic mass is 10.2. The molecule has 1 fully saturated rings. The molecular weight excluding hydrogens is 366 g/mol. The van der Waals surface area contributed by atoms with Gasteiger partial charge in [-0.1, -0.05) is 30.3 Å². The van der Waals surface area contributed by atoms with Crippen molar-refractivity contribution in [1.82, 2.24) is 15.1 Å². The highest BCUT2D eigenvalue weighted by atomic mass is 16.5. The number of hydrogen-bond acceptors (Lipinski definition) is 4. The number of carbonyl (C=O) groups is 2. The molecule has 2 amide bonds. The van der Waals surface area contributed by atoms with E-state index < -0.39 is 0 Å². The van der Waals surface area contributed by atoms with Crippen LogP contribution in [0.25, 0.3) is 0 Å². The van der Waals surface area contributed by atoms with Crippen LogP contribution in [0.5, 0.6) is 5.75 Å². The number of hydrogen-bond donors (Lipinski definition) is 1. The Hall–Kier alpha value is -2.86. The maximum absolute atomic E-state index is 12.5. The number of benzene rings is 2. The van der Waals surface area contributed by atoms with Crippen molar-refractivity contribution >= 4 is 11.8 Å². The predicted octanol–water partition coefficient (Wildman–Crippen LogP) is 2.55. The molecular formula is C23H29N3O3. The van der Waals surface area contributed by atoms with Gasteiger partial charge in [0.15, 0.2) is 0 Å². The first kappa shape index (κ1) is 20.9. The van der Waals surface area contributed by atoms with Gasteiger partial charge in [-0.05, 0) is 36.2 Å². The minimum atomic E-state index is -0.139. The Bertz CT molecular complexity index is 793. The minimum absolute atomic E-state index is 0.102. The van der Waals surface area contributed by atoms with Crippen LogP contribution in [0.1, 0.15) is 28.8 Å². The third-order valence-corrected chi connectivity index (χ3v) is 5.17. The van der Waals surface area contributed by atoms with Gasteiger partial charge in [0.05, 0.1) is 7.11 Å². The molecule has 6 heteroatoms. The summed E-state index contributed by atoms with van der Waals surface area (Å²) in [5.74, 6) is 0.824. The summed E-state index contributed by atoms with van der Waals surface area (Å²) in [4.78, 5) is 28.9. The van der Waals surface area contributed by atoms with Crippen molar-refractivity contribution in [3.63, 3.8) is 0 Å². The number of nitrogens with zero attached hydrogens (tertiary/aromatic N) is 2. The van der Waals surface area contributed by atoms with Crippen LogP contribution in [0.15, 0.2) is 54.6 Å². The Morgan fingerprint density at radius 2 is 1.72 bits per heavy atom. The molecule has 2 aromatic rings. The molecule has 1 heterocycles. The summed E-state index contributed by atoms with van der Waals surface area (Å²) >= 11 is 0. The van der Waals surface area contributed by atoms with Crippen LogP contribution < -0.4 is 10.1 Å². The zero-order valence-corrected chi connectivity index (χ0v) is 17.0. The van der Waals surface area contributed by atoms with Gasteiger partial charge >= 0.3 is 0 Å². The van der Waals surface area contributed by atoms with E-state index >= 15 is 0 Å². The summed E-state index contributed by atoms with van der Waals surface area (Å²) in [5.41, 5.74) is 1.86. The maximum atomic E-state index is 12.5. The molecule has 3 rings (SSSR count). The van der Waals surface area contributed by atoms with E-state index in [0.29, 0.717) is 18.5 Å². The second kappa shape index (κ2) is 10.6. The van der Waals surface area contributed by atoms with E-state index in [1.807, 2.05) is 35.2 Å². The predicted molar refractivity (Wildman–Crippen MR) is 113 cm³/mol. The number of carbonyl (C=O) groups excluding carboxylic acids is 2. The monoisotopic (exact) mass is 395 g/mol. The van der Waals surface area contributed by atoms with Gasteiger partial charge in [0.25, 0.3) is 5.91 Å². The lowest BCUT2D eigenvalue weighted by Gasteiger charge is -2.22. The third-order valence-electron chi connectivity index (χ3n) is 5.17. The molecule has 0 unspecified atom stereocenters. The van der Waals surface area contributed by atoms with Crippen molar-refractivity contribution in [2.24, 2.45) is 0 Å². The second-order valence-corrected chi connectivity index (χ2v) is 7.23. The van der Waals surface area contributed by atoms with Gasteiger partial charge in [-0.3, -0.25) is 14.5 Å². The first-order chi connectivity index (χ1) is 14.2. The highest BCUT2D eigenvalue weighted by molar-refractivity contribution is 5.94. The highest BCUT2D eigenvalue weighted by Crippen LogP contribution is 2.14. The normalized spacial score (nSPS) is 14.9. The number of amides is 2. The van der Waals surface area contributed by atoms with Crippen molar-refractivity contribution < 1.29 is 14.3 Å². The third kappa shape index (κ3) is 6.32. The van der Waals surface area contributed by atoms with E-state index in [9.17, 15) is 9.59 Å². The number of rotatable bonds is 7. The summed E-state index contributed by atoms with van der Waals surface area (Å²) < 4.78 is 5.21. The molecule has 0 atom stereocenters. The Morgan fingerprint density at radius 3 is 2.45 bits per heavy atom. The molecule has 1 aliphatic rings. The van der Waals surface area contributed by atoms with E-state index in [1.54, 1.807) is 19.2 Å². The second-order valence-electron chi connectivity index (χ2n) is 7.23. The van der Waals surface area contributed by atoms with Crippen LogP contribution in [0.3, 0.4) is 0 Å². The molecule has 0 radical (unpaired) electrons. The standard InChI is InChI=1S/C23H29N3O3/c1-29-21-10-8-19(9-11-21)18-25-14-5-15-26(17-16-25)22(27)12-13-24-23(28)20-6-3-2-4-7-20/h2-4,6-11H,5,12-18H2,1H3,(H,24,28). The molecule has 0 spiro atoms. The largest absolute Gasteiger partial charge is 0.497 e. The van der Waals surface area contributed by atoms with Crippen LogP contribution in [0.2, 0.25) is 0 Å². The zero-order chi connectivity index (χ0) is 20.5. The van der Waals surface area contributed by atoms with Crippen LogP contribution in [-0.4, -0.2) is 61.4 Å². The molecule has 1 saturated heterocycles. The SMILES string of the molecule is COc1ccc(CN2CCCN(C(=O)CCNC(=O)c3ccccc3)CC2)cc1. The Balaban J connectivity index is 1.41. The fraction of sp³-hybridized carbons (Fsp3) is 0.391. The summed E-state index contributed by atoms with van der Waals surface area (Å²) in [6, 6.07) is 17.2. The summed E-state index contributed by atoms with van der Waals surface area (Å²) in [6.45, 7) is 4.55. The van der Waals surface area contributed by atoms with Gasteiger partial charge in [0, 0.05) is 51.3 Å². The van der Waals surface area contributed by atoms with Crippen molar-refractivity contribution in [1.29, 1.82) is 0 Å². The average molecular weight is 396 g/mol. The fourth-order valence-electron chi connectivity index (χ4n) is 3.50. The Morgan fingerprint density at radius 1 is 0.966 bits per heavy atom. The van der Waals surface area contributed by atoms with Gasteiger partial charge in [-0.15, -0.1) is 0 Å². The molecule has 2 aromatic carbocycles. The Kier molecular flexibility index (Phi) is 7.64. The van der Waals surface area contributed by atoms with Crippen LogP contribution in [-0.2, 0) is 11.3 Å². The zero-order valence-electron chi connectivity index (χ0n) is 17.0. The van der Waals surface area contributed by atoms with E-state index in [0.717, 1.165) is 44.9 Å². The van der Waals surface area contributed by atoms with Crippen LogP contribution >= 0.6 is 0 Å². The first-order valence-electron chi connectivity index (χ1n) is 10.1. The van der Waals surface area contributed by atoms with Gasteiger partial charge < -0.3 is 15.0 Å². The van der Waals surface area contributed by atoms with Gasteiger partial charge in [-0.25, -0.2) is 0 Å². The van der Waals surface area contributed by atoms with Gasteiger partial charge in [-0.2, -0.15) is 0 Å². The Labute approximate surface area is 172 Å². The van der Waals surface area contributed by atoms with Crippen molar-refractivity contribution in [2.75, 3.05) is 39.8 Å². The quantitative estimate of drug-likeness (QED) is 0.783. The summed E-state index contributed by atoms with van der Waals surface area (Å²) in [5, 5.41) is 2.83. The highest BCUT2D eigenvalue weighted by Gasteiger charge is 2.19. The fourth-order valence-corrected chi connectivity index (χ4v) is 3.50. The lowest BCUT2D eigenvalue weighted by Crippen LogP contribution is -2.37. The van der Waals surface area contributed by atoms with Crippen molar-refractivity contribution in [2.45, 2.75) is 19.4 Å². The molecule has 1 N–H and O–H groups in total. The van der Waals surface area contributed by atoms with Crippen LogP contribution in [0, 0.1) is 0 Å². The summed E-state index contributed by atoms with van der Waals surface area (Å²) in [6.07, 6.45) is 1.29. The molecule has 0 bridgehead atoms. The minimum Gasteiger partial charge on any atom is -0.497 e. The molecule has 0 aliphatic carbocycles. The number of methoxy groups -OCH3 is 1. The van der Waals surface area contributed by atoms with Crippen molar-refractivity contribution in [3.05, 3.63) is 65.7 Å². The van der Waals surface area contributed by atoms with E-state index in [1.165, 1.54) is 5.56 Å². The van der Waals surface area contributed by atoms with Gasteiger partial charge in [0.2, 0.25) is 5.91 Å². The van der Waals surface area contributed by atoms with Crippen LogP contribution in [0.4, 0.5) is 0 Å². The van der Waals surface area contributed by atoms with E-state index in [-0.39, 0.29) is 11.8 Å². The maximum Gasteiger partial charge on any atom is 0.251 e. The topological polar surface area (TPSA) is 61.9 Å². The number of ether oxygens (including phenoxy) is 1. The smallest absolute Gasteiger partial charge is 0.251 e. The molecule has 0 aromatic heterocycles. The van der Waals surface area contributed by atoms with E-state index in [2.05, 4.69) is 22.3 Å². The average Bonchev–Trinajstić information content (AvgIpc) is 3.00. The molecule has 0 saturated carbocycles. The molecule has 1 aliphatic heterocycles. The number of nitrogens with one attached hydrogen (secondary N) is 1. The molecule has 29 heavy (non-hydrogen) atoms. The molecule has 154 valence electrons. The molecule has 6 nitrogen and oxygen atoms in total. The van der Waals surface area contributed by atoms with Crippen molar-refractivity contribution in [3.8, 4) is 5.75 Å². The lowest BCUT2D eigenvalue weighted by molar-refractivity contribution is -0.130.